The first-order valence-corrected chi connectivity index (χ1v) is 8.72. The van der Waals surface area contributed by atoms with Gasteiger partial charge in [-0.05, 0) is 30.5 Å². The lowest BCUT2D eigenvalue weighted by atomic mass is 9.75. The number of hydrogen-bond donors (Lipinski definition) is 0. The van der Waals surface area contributed by atoms with Crippen molar-refractivity contribution in [3.8, 4) is 6.07 Å². The molecule has 0 N–H and O–H groups in total. The molecule has 0 bridgehead atoms. The van der Waals surface area contributed by atoms with E-state index in [1.54, 1.807) is 6.07 Å². The number of halogens is 2. The van der Waals surface area contributed by atoms with Crippen molar-refractivity contribution >= 4 is 23.2 Å². The van der Waals surface area contributed by atoms with Gasteiger partial charge in [0.05, 0.1) is 11.5 Å². The Hall–Kier alpha value is -0.710. The van der Waals surface area contributed by atoms with Gasteiger partial charge in [-0.15, -0.1) is 0 Å². The summed E-state index contributed by atoms with van der Waals surface area (Å²) in [5.41, 5.74) is 0.444. The summed E-state index contributed by atoms with van der Waals surface area (Å²) in [5.74, 6) is 0. The highest BCUT2D eigenvalue weighted by Crippen LogP contribution is 2.38. The fraction of sp³-hybridized carbons (Fsp3) is 0.611. The molecule has 0 radical (unpaired) electrons. The maximum Gasteiger partial charge on any atom is 0.0834 e. The van der Waals surface area contributed by atoms with Crippen molar-refractivity contribution in [1.82, 2.24) is 0 Å². The smallest absolute Gasteiger partial charge is 0.0834 e. The van der Waals surface area contributed by atoms with Crippen molar-refractivity contribution in [2.45, 2.75) is 70.6 Å². The maximum atomic E-state index is 9.72. The van der Waals surface area contributed by atoms with E-state index in [-0.39, 0.29) is 0 Å². The molecular weight excluding hydrogens is 301 g/mol. The number of rotatable bonds is 9. The summed E-state index contributed by atoms with van der Waals surface area (Å²) in [5, 5.41) is 10.9. The molecule has 0 aliphatic heterocycles. The molecule has 0 aliphatic carbocycles. The first-order valence-electron chi connectivity index (χ1n) is 7.96. The summed E-state index contributed by atoms with van der Waals surface area (Å²) in [6, 6.07) is 7.99. The third-order valence-corrected chi connectivity index (χ3v) is 4.77. The first kappa shape index (κ1) is 18.3. The molecule has 21 heavy (non-hydrogen) atoms. The van der Waals surface area contributed by atoms with Gasteiger partial charge in [-0.2, -0.15) is 5.26 Å². The zero-order valence-electron chi connectivity index (χ0n) is 13.1. The predicted octanol–water partition coefficient (Wildman–Crippen LogP) is 6.92. The number of benzene rings is 1. The van der Waals surface area contributed by atoms with E-state index in [4.69, 9.17) is 23.2 Å². The van der Waals surface area contributed by atoms with Crippen molar-refractivity contribution in [3.63, 3.8) is 0 Å². The molecule has 0 spiro atoms. The molecule has 1 atom stereocenters. The second kappa shape index (κ2) is 9.34. The number of hydrogen-bond acceptors (Lipinski definition) is 1. The predicted molar refractivity (Wildman–Crippen MR) is 92.0 cm³/mol. The fourth-order valence-electron chi connectivity index (χ4n) is 2.78. The summed E-state index contributed by atoms with van der Waals surface area (Å²) in [6.07, 6.45) is 9.03. The third-order valence-electron chi connectivity index (χ3n) is 4.22. The molecule has 1 rings (SSSR count). The summed E-state index contributed by atoms with van der Waals surface area (Å²) < 4.78 is 0. The molecule has 1 aromatic carbocycles. The minimum Gasteiger partial charge on any atom is -0.197 e. The molecular formula is C18H25Cl2N. The van der Waals surface area contributed by atoms with Gasteiger partial charge in [0.15, 0.2) is 0 Å². The van der Waals surface area contributed by atoms with E-state index in [1.165, 1.54) is 32.1 Å². The Morgan fingerprint density at radius 2 is 1.71 bits per heavy atom. The first-order chi connectivity index (χ1) is 10.1. The normalized spacial score (nSPS) is 13.7. The molecule has 1 unspecified atom stereocenters. The monoisotopic (exact) mass is 325 g/mol. The van der Waals surface area contributed by atoms with Crippen LogP contribution in [0.2, 0.25) is 10.0 Å². The van der Waals surface area contributed by atoms with Crippen molar-refractivity contribution in [2.24, 2.45) is 0 Å². The molecule has 3 heteroatoms. The van der Waals surface area contributed by atoms with Gasteiger partial charge in [-0.3, -0.25) is 0 Å². The summed E-state index contributed by atoms with van der Waals surface area (Å²) in [7, 11) is 0. The number of unbranched alkanes of at least 4 members (excludes halogenated alkanes) is 5. The SMILES string of the molecule is CCCCCCCCC(C#N)(CC)c1ccc(Cl)cc1Cl. The van der Waals surface area contributed by atoms with E-state index in [0.29, 0.717) is 10.0 Å². The zero-order chi connectivity index (χ0) is 15.7. The van der Waals surface area contributed by atoms with Crippen LogP contribution in [0.3, 0.4) is 0 Å². The molecule has 0 aromatic heterocycles. The average Bonchev–Trinajstić information content (AvgIpc) is 2.48. The van der Waals surface area contributed by atoms with Crippen LogP contribution >= 0.6 is 23.2 Å². The Balaban J connectivity index is 2.72. The maximum absolute atomic E-state index is 9.72. The van der Waals surface area contributed by atoms with E-state index < -0.39 is 5.41 Å². The molecule has 1 nitrogen and oxygen atoms in total. The van der Waals surface area contributed by atoms with Crippen molar-refractivity contribution in [1.29, 1.82) is 5.26 Å². The number of nitrogens with zero attached hydrogens (tertiary/aromatic N) is 1. The molecule has 0 fully saturated rings. The highest BCUT2D eigenvalue weighted by atomic mass is 35.5. The quantitative estimate of drug-likeness (QED) is 0.452. The molecule has 116 valence electrons. The summed E-state index contributed by atoms with van der Waals surface area (Å²) in [6.45, 7) is 4.28. The van der Waals surface area contributed by atoms with Gasteiger partial charge >= 0.3 is 0 Å². The van der Waals surface area contributed by atoms with Gasteiger partial charge < -0.3 is 0 Å². The van der Waals surface area contributed by atoms with Crippen LogP contribution in [0, 0.1) is 11.3 Å². The van der Waals surface area contributed by atoms with Crippen molar-refractivity contribution in [2.75, 3.05) is 0 Å². The Kier molecular flexibility index (Phi) is 8.15. The minimum atomic E-state index is -0.480. The summed E-state index contributed by atoms with van der Waals surface area (Å²) >= 11 is 12.3. The Morgan fingerprint density at radius 3 is 2.29 bits per heavy atom. The Bertz CT molecular complexity index is 479. The van der Waals surface area contributed by atoms with Crippen LogP contribution in [0.15, 0.2) is 18.2 Å². The van der Waals surface area contributed by atoms with Gasteiger partial charge in [0.1, 0.15) is 0 Å². The lowest BCUT2D eigenvalue weighted by molar-refractivity contribution is 0.449. The van der Waals surface area contributed by atoms with E-state index in [0.717, 1.165) is 24.8 Å². The second-order valence-electron chi connectivity index (χ2n) is 5.69. The largest absolute Gasteiger partial charge is 0.197 e. The molecule has 0 aliphatic rings. The average molecular weight is 326 g/mol. The highest BCUT2D eigenvalue weighted by Gasteiger charge is 2.31. The van der Waals surface area contributed by atoms with Crippen LogP contribution in [0.4, 0.5) is 0 Å². The molecule has 0 amide bonds. The molecule has 0 saturated carbocycles. The molecule has 1 aromatic rings. The van der Waals surface area contributed by atoms with Crippen LogP contribution in [-0.4, -0.2) is 0 Å². The fourth-order valence-corrected chi connectivity index (χ4v) is 3.37. The van der Waals surface area contributed by atoms with Gasteiger partial charge in [0, 0.05) is 10.0 Å². The van der Waals surface area contributed by atoms with Gasteiger partial charge in [-0.1, -0.05) is 81.6 Å². The number of nitriles is 1. The standard InChI is InChI=1S/C18H25Cl2N/c1-3-5-6-7-8-9-12-18(4-2,14-21)16-11-10-15(19)13-17(16)20/h10-11,13H,3-9,12H2,1-2H3. The highest BCUT2D eigenvalue weighted by molar-refractivity contribution is 6.35. The van der Waals surface area contributed by atoms with E-state index in [2.05, 4.69) is 19.9 Å². The van der Waals surface area contributed by atoms with Crippen LogP contribution in [0.5, 0.6) is 0 Å². The minimum absolute atomic E-state index is 0.480. The molecule has 0 saturated heterocycles. The van der Waals surface area contributed by atoms with E-state index in [9.17, 15) is 5.26 Å². The van der Waals surface area contributed by atoms with Crippen LogP contribution in [-0.2, 0) is 5.41 Å². The van der Waals surface area contributed by atoms with Gasteiger partial charge in [-0.25, -0.2) is 0 Å². The van der Waals surface area contributed by atoms with Crippen LogP contribution < -0.4 is 0 Å². The van der Waals surface area contributed by atoms with Gasteiger partial charge in [0.25, 0.3) is 0 Å². The van der Waals surface area contributed by atoms with Gasteiger partial charge in [0.2, 0.25) is 0 Å². The molecule has 0 heterocycles. The van der Waals surface area contributed by atoms with E-state index >= 15 is 0 Å². The van der Waals surface area contributed by atoms with Crippen molar-refractivity contribution < 1.29 is 0 Å². The van der Waals surface area contributed by atoms with E-state index in [1.807, 2.05) is 12.1 Å². The second-order valence-corrected chi connectivity index (χ2v) is 6.53. The lowest BCUT2D eigenvalue weighted by Gasteiger charge is -2.27. The zero-order valence-corrected chi connectivity index (χ0v) is 14.6. The van der Waals surface area contributed by atoms with Crippen LogP contribution in [0.25, 0.3) is 0 Å². The Morgan fingerprint density at radius 1 is 1.05 bits per heavy atom. The summed E-state index contributed by atoms with van der Waals surface area (Å²) in [4.78, 5) is 0. The lowest BCUT2D eigenvalue weighted by Crippen LogP contribution is -2.23. The topological polar surface area (TPSA) is 23.8 Å². The third kappa shape index (κ3) is 5.20. The van der Waals surface area contributed by atoms with Crippen molar-refractivity contribution in [3.05, 3.63) is 33.8 Å². The Labute approximate surface area is 139 Å². The van der Waals surface area contributed by atoms with Crippen LogP contribution in [0.1, 0.15) is 70.8 Å².